The van der Waals surface area contributed by atoms with Crippen molar-refractivity contribution in [1.82, 2.24) is 0 Å². The highest BCUT2D eigenvalue weighted by atomic mass is 16.7. The monoisotopic (exact) mass is 537 g/mol. The molecule has 2 saturated heterocycles. The van der Waals surface area contributed by atoms with E-state index in [4.69, 9.17) is 28.4 Å². The molecule has 0 radical (unpaired) electrons. The first-order valence-electron chi connectivity index (χ1n) is 11.2. The highest BCUT2D eigenvalue weighted by Gasteiger charge is 2.50. The van der Waals surface area contributed by atoms with E-state index in [1.54, 1.807) is 0 Å². The number of nitro benzene ring substituents is 1. The van der Waals surface area contributed by atoms with Gasteiger partial charge in [-0.1, -0.05) is 0 Å². The van der Waals surface area contributed by atoms with Crippen molar-refractivity contribution in [1.29, 1.82) is 0 Å². The molecule has 3 rings (SSSR count). The molecule has 1 aromatic carbocycles. The van der Waals surface area contributed by atoms with Crippen LogP contribution < -0.4 is 9.47 Å². The first-order valence-corrected chi connectivity index (χ1v) is 11.2. The number of benzene rings is 1. The summed E-state index contributed by atoms with van der Waals surface area (Å²) in [5.41, 5.74) is -0.334. The second-order valence-corrected chi connectivity index (χ2v) is 8.41. The van der Waals surface area contributed by atoms with Crippen molar-refractivity contribution in [3.8, 4) is 11.5 Å². The Labute approximate surface area is 210 Å². The van der Waals surface area contributed by atoms with Gasteiger partial charge in [-0.2, -0.15) is 0 Å². The summed E-state index contributed by atoms with van der Waals surface area (Å²) in [7, 11) is 2.64. The lowest BCUT2D eigenvalue weighted by Crippen LogP contribution is -2.64. The first kappa shape index (κ1) is 29.3. The van der Waals surface area contributed by atoms with Crippen molar-refractivity contribution in [2.75, 3.05) is 27.4 Å². The van der Waals surface area contributed by atoms with Crippen LogP contribution in [0.3, 0.4) is 0 Å². The Morgan fingerprint density at radius 1 is 0.838 bits per heavy atom. The molecule has 210 valence electrons. The summed E-state index contributed by atoms with van der Waals surface area (Å²) in [4.78, 5) is 10.8. The third-order valence-electron chi connectivity index (χ3n) is 6.14. The molecule has 37 heavy (non-hydrogen) atoms. The van der Waals surface area contributed by atoms with Crippen LogP contribution in [-0.2, 0) is 25.6 Å². The van der Waals surface area contributed by atoms with E-state index < -0.39 is 86.2 Å². The van der Waals surface area contributed by atoms with E-state index in [-0.39, 0.29) is 22.7 Å². The Balaban J connectivity index is 1.74. The predicted octanol–water partition coefficient (Wildman–Crippen LogP) is -3.25. The first-order chi connectivity index (χ1) is 17.6. The number of hydrogen-bond acceptors (Lipinski definition) is 15. The van der Waals surface area contributed by atoms with Crippen LogP contribution in [0.2, 0.25) is 0 Å². The van der Waals surface area contributed by atoms with Crippen LogP contribution in [0, 0.1) is 10.1 Å². The number of rotatable bonds is 10. The number of methoxy groups -OCH3 is 2. The maximum absolute atomic E-state index is 11.5. The van der Waals surface area contributed by atoms with Crippen molar-refractivity contribution >= 4 is 5.69 Å². The smallest absolute Gasteiger partial charge is 0.278 e. The van der Waals surface area contributed by atoms with Crippen LogP contribution >= 0.6 is 0 Å². The second kappa shape index (κ2) is 12.5. The van der Waals surface area contributed by atoms with Crippen molar-refractivity contribution in [2.45, 2.75) is 68.0 Å². The summed E-state index contributed by atoms with van der Waals surface area (Å²) in [5.74, 6) is 0.286. The van der Waals surface area contributed by atoms with E-state index in [2.05, 4.69) is 0 Å². The van der Waals surface area contributed by atoms with Gasteiger partial charge in [-0.3, -0.25) is 10.1 Å². The standard InChI is InChI=1S/C21H31NO15/c1-32-10-3-8(9(22(30)31)4-11(10)33-2)7-34-20-18(29)16(27)19(13(6-24)36-20)37-21-17(28)15(26)14(25)12(5-23)35-21/h3-4,12-21,23-29H,5-7H2,1-2H3/t12-,13-,14+,15+,16-,17-,18-,19-,20-,21+/m1/s1. The van der Waals surface area contributed by atoms with Gasteiger partial charge in [0.1, 0.15) is 48.8 Å². The summed E-state index contributed by atoms with van der Waals surface area (Å²) in [6.07, 6.45) is -16.2. The maximum atomic E-state index is 11.5. The minimum atomic E-state index is -1.80. The summed E-state index contributed by atoms with van der Waals surface area (Å²) < 4.78 is 31.9. The lowest BCUT2D eigenvalue weighted by Gasteiger charge is -2.45. The van der Waals surface area contributed by atoms with Gasteiger partial charge in [0.15, 0.2) is 24.1 Å². The van der Waals surface area contributed by atoms with Gasteiger partial charge >= 0.3 is 0 Å². The van der Waals surface area contributed by atoms with E-state index in [0.717, 1.165) is 6.07 Å². The van der Waals surface area contributed by atoms with Gasteiger partial charge in [0.25, 0.3) is 5.69 Å². The molecule has 0 amide bonds. The van der Waals surface area contributed by atoms with Crippen molar-refractivity contribution in [3.63, 3.8) is 0 Å². The van der Waals surface area contributed by atoms with Gasteiger partial charge in [-0.05, 0) is 6.07 Å². The van der Waals surface area contributed by atoms with Gasteiger partial charge in [0, 0.05) is 0 Å². The molecule has 16 heteroatoms. The average Bonchev–Trinajstić information content (AvgIpc) is 2.90. The molecule has 0 aliphatic carbocycles. The highest BCUT2D eigenvalue weighted by molar-refractivity contribution is 5.54. The normalized spacial score (nSPS) is 36.2. The minimum Gasteiger partial charge on any atom is -0.493 e. The zero-order valence-corrected chi connectivity index (χ0v) is 19.9. The van der Waals surface area contributed by atoms with Gasteiger partial charge in [-0.15, -0.1) is 0 Å². The van der Waals surface area contributed by atoms with Crippen LogP contribution in [0.5, 0.6) is 11.5 Å². The van der Waals surface area contributed by atoms with E-state index in [1.807, 2.05) is 0 Å². The molecular weight excluding hydrogens is 506 g/mol. The molecule has 2 aliphatic heterocycles. The molecule has 16 nitrogen and oxygen atoms in total. The third-order valence-corrected chi connectivity index (χ3v) is 6.14. The van der Waals surface area contributed by atoms with Crippen LogP contribution in [0.4, 0.5) is 5.69 Å². The summed E-state index contributed by atoms with van der Waals surface area (Å²) in [6, 6.07) is 2.43. The second-order valence-electron chi connectivity index (χ2n) is 8.41. The lowest BCUT2D eigenvalue weighted by atomic mass is 9.97. The van der Waals surface area contributed by atoms with Gasteiger partial charge < -0.3 is 64.2 Å². The molecule has 2 fully saturated rings. The molecule has 1 aromatic rings. The van der Waals surface area contributed by atoms with Gasteiger partial charge in [-0.25, -0.2) is 0 Å². The largest absolute Gasteiger partial charge is 0.493 e. The Morgan fingerprint density at radius 2 is 1.41 bits per heavy atom. The Bertz CT molecular complexity index is 914. The molecular formula is C21H31NO15. The lowest BCUT2D eigenvalue weighted by molar-refractivity contribution is -0.386. The summed E-state index contributed by atoms with van der Waals surface area (Å²) in [5, 5.41) is 81.9. The molecule has 0 spiro atoms. The zero-order valence-electron chi connectivity index (χ0n) is 19.9. The van der Waals surface area contributed by atoms with Crippen molar-refractivity contribution in [3.05, 3.63) is 27.8 Å². The van der Waals surface area contributed by atoms with E-state index in [9.17, 15) is 45.9 Å². The number of hydrogen-bond donors (Lipinski definition) is 7. The topological polar surface area (TPSA) is 240 Å². The van der Waals surface area contributed by atoms with E-state index in [1.165, 1.54) is 20.3 Å². The molecule has 0 unspecified atom stereocenters. The number of aliphatic hydroxyl groups is 7. The van der Waals surface area contributed by atoms with E-state index in [0.29, 0.717) is 0 Å². The minimum absolute atomic E-state index is 0.0354. The quantitative estimate of drug-likeness (QED) is 0.115. The third kappa shape index (κ3) is 6.10. The Morgan fingerprint density at radius 3 is 1.97 bits per heavy atom. The van der Waals surface area contributed by atoms with Crippen molar-refractivity contribution in [2.24, 2.45) is 0 Å². The van der Waals surface area contributed by atoms with Gasteiger partial charge in [0.2, 0.25) is 0 Å². The van der Waals surface area contributed by atoms with Crippen molar-refractivity contribution < 1.29 is 69.1 Å². The molecule has 10 atom stereocenters. The maximum Gasteiger partial charge on any atom is 0.278 e. The number of ether oxygens (including phenoxy) is 6. The van der Waals surface area contributed by atoms with Crippen LogP contribution in [0.25, 0.3) is 0 Å². The zero-order chi connectivity index (χ0) is 27.4. The van der Waals surface area contributed by atoms with Crippen LogP contribution in [0.1, 0.15) is 5.56 Å². The number of nitro groups is 1. The highest BCUT2D eigenvalue weighted by Crippen LogP contribution is 2.36. The fourth-order valence-electron chi connectivity index (χ4n) is 4.06. The predicted molar refractivity (Wildman–Crippen MR) is 117 cm³/mol. The number of aliphatic hydroxyl groups excluding tert-OH is 7. The fourth-order valence-corrected chi connectivity index (χ4v) is 4.06. The molecule has 2 heterocycles. The summed E-state index contributed by atoms with van der Waals surface area (Å²) >= 11 is 0. The molecule has 0 aromatic heterocycles. The number of nitrogens with zero attached hydrogens (tertiary/aromatic N) is 1. The van der Waals surface area contributed by atoms with Gasteiger partial charge in [0.05, 0.1) is 50.6 Å². The molecule has 0 saturated carbocycles. The SMILES string of the molecule is COc1cc(CO[C@@H]2O[C@H](CO)[C@@H](O[C@@H]3O[C@H](CO)[C@H](O)[C@H](O)[C@H]3O)[C@H](O)[C@H]2O)c([N+](=O)[O-])cc1OC. The Kier molecular flexibility index (Phi) is 9.95. The Hall–Kier alpha value is -2.22. The fraction of sp³-hybridized carbons (Fsp3) is 0.714. The van der Waals surface area contributed by atoms with Crippen LogP contribution in [0.15, 0.2) is 12.1 Å². The molecule has 7 N–H and O–H groups in total. The molecule has 2 aliphatic rings. The summed E-state index contributed by atoms with van der Waals surface area (Å²) in [6.45, 7) is -1.96. The average molecular weight is 537 g/mol. The van der Waals surface area contributed by atoms with Crippen LogP contribution in [-0.4, -0.2) is 130 Å². The van der Waals surface area contributed by atoms with E-state index >= 15 is 0 Å². The molecule has 0 bridgehead atoms.